The highest BCUT2D eigenvalue weighted by atomic mass is 79.9. The highest BCUT2D eigenvalue weighted by Crippen LogP contribution is 2.27. The SMILES string of the molecule is CC(CN1CCCCC1)NC(C)c1ccc(Br)s1. The Bertz CT molecular complexity index is 360. The highest BCUT2D eigenvalue weighted by molar-refractivity contribution is 9.11. The van der Waals surface area contributed by atoms with E-state index in [1.54, 1.807) is 0 Å². The van der Waals surface area contributed by atoms with Gasteiger partial charge in [0, 0.05) is 23.5 Å². The summed E-state index contributed by atoms with van der Waals surface area (Å²) >= 11 is 5.35. The first-order valence-electron chi connectivity index (χ1n) is 6.89. The van der Waals surface area contributed by atoms with Gasteiger partial charge in [0.15, 0.2) is 0 Å². The van der Waals surface area contributed by atoms with Crippen molar-refractivity contribution in [1.82, 2.24) is 10.2 Å². The van der Waals surface area contributed by atoms with Gasteiger partial charge in [0.2, 0.25) is 0 Å². The number of rotatable bonds is 5. The van der Waals surface area contributed by atoms with Gasteiger partial charge in [-0.25, -0.2) is 0 Å². The topological polar surface area (TPSA) is 15.3 Å². The molecule has 1 saturated heterocycles. The second-order valence-corrected chi connectivity index (χ2v) is 7.79. The first-order chi connectivity index (χ1) is 8.65. The molecule has 0 bridgehead atoms. The van der Waals surface area contributed by atoms with E-state index >= 15 is 0 Å². The lowest BCUT2D eigenvalue weighted by Gasteiger charge is -2.30. The van der Waals surface area contributed by atoms with E-state index in [1.165, 1.54) is 47.6 Å². The Labute approximate surface area is 123 Å². The van der Waals surface area contributed by atoms with E-state index in [-0.39, 0.29) is 0 Å². The summed E-state index contributed by atoms with van der Waals surface area (Å²) in [5.41, 5.74) is 0. The zero-order chi connectivity index (χ0) is 13.0. The molecule has 102 valence electrons. The molecule has 2 unspecified atom stereocenters. The molecule has 0 saturated carbocycles. The predicted octanol–water partition coefficient (Wildman–Crippen LogP) is 4.04. The maximum Gasteiger partial charge on any atom is 0.0701 e. The van der Waals surface area contributed by atoms with Crippen LogP contribution in [-0.4, -0.2) is 30.6 Å². The standard InChI is InChI=1S/C14H23BrN2S/c1-11(10-17-8-4-3-5-9-17)16-12(2)13-6-7-14(15)18-13/h6-7,11-12,16H,3-5,8-10H2,1-2H3. The molecule has 1 aliphatic rings. The molecule has 2 heterocycles. The Hall–Kier alpha value is 0.1000. The van der Waals surface area contributed by atoms with Crippen molar-refractivity contribution in [2.75, 3.05) is 19.6 Å². The van der Waals surface area contributed by atoms with E-state index in [0.717, 1.165) is 0 Å². The minimum atomic E-state index is 0.445. The van der Waals surface area contributed by atoms with Gasteiger partial charge >= 0.3 is 0 Å². The average Bonchev–Trinajstić information content (AvgIpc) is 2.77. The molecule has 1 aromatic rings. The summed E-state index contributed by atoms with van der Waals surface area (Å²) in [6.07, 6.45) is 4.16. The van der Waals surface area contributed by atoms with Crippen LogP contribution in [0.15, 0.2) is 15.9 Å². The summed E-state index contributed by atoms with van der Waals surface area (Å²) in [5.74, 6) is 0. The summed E-state index contributed by atoms with van der Waals surface area (Å²) in [4.78, 5) is 4.01. The number of halogens is 1. The molecule has 2 rings (SSSR count). The van der Waals surface area contributed by atoms with Gasteiger partial charge in [0.05, 0.1) is 3.79 Å². The smallest absolute Gasteiger partial charge is 0.0701 e. The third-order valence-corrected chi connectivity index (χ3v) is 5.34. The molecule has 2 nitrogen and oxygen atoms in total. The maximum absolute atomic E-state index is 3.70. The molecule has 0 amide bonds. The van der Waals surface area contributed by atoms with Crippen LogP contribution in [0.3, 0.4) is 0 Å². The monoisotopic (exact) mass is 330 g/mol. The number of piperidine rings is 1. The van der Waals surface area contributed by atoms with Crippen LogP contribution in [0.25, 0.3) is 0 Å². The quantitative estimate of drug-likeness (QED) is 0.876. The van der Waals surface area contributed by atoms with Gasteiger partial charge in [0.25, 0.3) is 0 Å². The van der Waals surface area contributed by atoms with E-state index in [1.807, 2.05) is 11.3 Å². The molecule has 0 spiro atoms. The van der Waals surface area contributed by atoms with Gasteiger partial charge in [-0.2, -0.15) is 0 Å². The number of nitrogens with zero attached hydrogens (tertiary/aromatic N) is 1. The number of hydrogen-bond acceptors (Lipinski definition) is 3. The van der Waals surface area contributed by atoms with Gasteiger partial charge in [-0.05, 0) is 67.8 Å². The van der Waals surface area contributed by atoms with Crippen LogP contribution in [0.1, 0.15) is 44.0 Å². The van der Waals surface area contributed by atoms with Gasteiger partial charge in [-0.15, -0.1) is 11.3 Å². The van der Waals surface area contributed by atoms with Crippen molar-refractivity contribution in [2.24, 2.45) is 0 Å². The molecule has 1 fully saturated rings. The number of thiophene rings is 1. The lowest BCUT2D eigenvalue weighted by atomic mass is 10.1. The van der Waals surface area contributed by atoms with E-state index in [0.29, 0.717) is 12.1 Å². The molecule has 18 heavy (non-hydrogen) atoms. The second-order valence-electron chi connectivity index (χ2n) is 5.29. The molecule has 0 radical (unpaired) electrons. The predicted molar refractivity (Wildman–Crippen MR) is 83.3 cm³/mol. The summed E-state index contributed by atoms with van der Waals surface area (Å²) in [5, 5.41) is 3.70. The number of hydrogen-bond donors (Lipinski definition) is 1. The molecule has 0 aromatic carbocycles. The molecule has 1 N–H and O–H groups in total. The Balaban J connectivity index is 1.77. The van der Waals surface area contributed by atoms with Crippen LogP contribution in [0.5, 0.6) is 0 Å². The molecular weight excluding hydrogens is 308 g/mol. The average molecular weight is 331 g/mol. The Morgan fingerprint density at radius 2 is 2.00 bits per heavy atom. The third-order valence-electron chi connectivity index (χ3n) is 3.54. The molecule has 2 atom stereocenters. The van der Waals surface area contributed by atoms with Crippen molar-refractivity contribution >= 4 is 27.3 Å². The lowest BCUT2D eigenvalue weighted by Crippen LogP contribution is -2.42. The summed E-state index contributed by atoms with van der Waals surface area (Å²) in [6.45, 7) is 8.30. The Morgan fingerprint density at radius 3 is 2.61 bits per heavy atom. The van der Waals surface area contributed by atoms with Gasteiger partial charge < -0.3 is 10.2 Å². The van der Waals surface area contributed by atoms with Crippen LogP contribution in [0.2, 0.25) is 0 Å². The molecular formula is C14H23BrN2S. The van der Waals surface area contributed by atoms with Gasteiger partial charge in [-0.3, -0.25) is 0 Å². The third kappa shape index (κ3) is 4.34. The van der Waals surface area contributed by atoms with Crippen molar-refractivity contribution in [1.29, 1.82) is 0 Å². The van der Waals surface area contributed by atoms with E-state index in [4.69, 9.17) is 0 Å². The maximum atomic E-state index is 3.70. The summed E-state index contributed by atoms with van der Waals surface area (Å²) in [6, 6.07) is 5.34. The van der Waals surface area contributed by atoms with Crippen molar-refractivity contribution in [2.45, 2.75) is 45.2 Å². The molecule has 1 aromatic heterocycles. The second kappa shape index (κ2) is 7.04. The summed E-state index contributed by atoms with van der Waals surface area (Å²) < 4.78 is 1.22. The van der Waals surface area contributed by atoms with E-state index < -0.39 is 0 Å². The van der Waals surface area contributed by atoms with Crippen molar-refractivity contribution in [3.63, 3.8) is 0 Å². The largest absolute Gasteiger partial charge is 0.306 e. The van der Waals surface area contributed by atoms with Crippen molar-refractivity contribution in [3.05, 3.63) is 20.8 Å². The minimum Gasteiger partial charge on any atom is -0.306 e. The zero-order valence-electron chi connectivity index (χ0n) is 11.3. The first kappa shape index (κ1) is 14.5. The molecule has 1 aliphatic heterocycles. The Morgan fingerprint density at radius 1 is 1.28 bits per heavy atom. The fourth-order valence-corrected chi connectivity index (χ4v) is 4.09. The van der Waals surface area contributed by atoms with Crippen LogP contribution >= 0.6 is 27.3 Å². The van der Waals surface area contributed by atoms with Gasteiger partial charge in [-0.1, -0.05) is 6.42 Å². The molecule has 4 heteroatoms. The fourth-order valence-electron chi connectivity index (χ4n) is 2.65. The van der Waals surface area contributed by atoms with Gasteiger partial charge in [0.1, 0.15) is 0 Å². The summed E-state index contributed by atoms with van der Waals surface area (Å²) in [7, 11) is 0. The van der Waals surface area contributed by atoms with Crippen molar-refractivity contribution < 1.29 is 0 Å². The van der Waals surface area contributed by atoms with Crippen LogP contribution in [0.4, 0.5) is 0 Å². The normalized spacial score (nSPS) is 20.8. The van der Waals surface area contributed by atoms with Crippen LogP contribution in [-0.2, 0) is 0 Å². The first-order valence-corrected chi connectivity index (χ1v) is 8.50. The number of likely N-dealkylation sites (tertiary alicyclic amines) is 1. The van der Waals surface area contributed by atoms with Crippen LogP contribution in [0, 0.1) is 0 Å². The molecule has 0 aliphatic carbocycles. The highest BCUT2D eigenvalue weighted by Gasteiger charge is 2.16. The zero-order valence-corrected chi connectivity index (χ0v) is 13.7. The van der Waals surface area contributed by atoms with Crippen molar-refractivity contribution in [3.8, 4) is 0 Å². The Kier molecular flexibility index (Phi) is 5.67. The van der Waals surface area contributed by atoms with Crippen LogP contribution < -0.4 is 5.32 Å². The fraction of sp³-hybridized carbons (Fsp3) is 0.714. The number of nitrogens with one attached hydrogen (secondary N) is 1. The van der Waals surface area contributed by atoms with E-state index in [9.17, 15) is 0 Å². The van der Waals surface area contributed by atoms with E-state index in [2.05, 4.69) is 52.1 Å². The lowest BCUT2D eigenvalue weighted by molar-refractivity contribution is 0.205. The minimum absolute atomic E-state index is 0.445.